The van der Waals surface area contributed by atoms with E-state index in [0.717, 1.165) is 39.1 Å². The lowest BCUT2D eigenvalue weighted by atomic mass is 10.2. The Balaban J connectivity index is 2.02. The average Bonchev–Trinajstić information content (AvgIpc) is 2.65. The molecule has 0 atom stereocenters. The van der Waals surface area contributed by atoms with E-state index in [1.165, 1.54) is 0 Å². The molecule has 0 spiro atoms. The van der Waals surface area contributed by atoms with E-state index in [1.807, 2.05) is 17.0 Å². The van der Waals surface area contributed by atoms with Crippen LogP contribution in [0.25, 0.3) is 0 Å². The van der Waals surface area contributed by atoms with Gasteiger partial charge < -0.3 is 9.80 Å². The van der Waals surface area contributed by atoms with Gasteiger partial charge in [0.1, 0.15) is 0 Å². The average molecular weight is 301 g/mol. The molecular weight excluding hydrogens is 283 g/mol. The summed E-state index contributed by atoms with van der Waals surface area (Å²) in [5.41, 5.74) is 0.593. The molecule has 0 bridgehead atoms. The first kappa shape index (κ1) is 14.6. The van der Waals surface area contributed by atoms with Gasteiger partial charge in [0, 0.05) is 32.1 Å². The van der Waals surface area contributed by atoms with Crippen molar-refractivity contribution < 1.29 is 4.79 Å². The van der Waals surface area contributed by atoms with E-state index in [0.29, 0.717) is 16.5 Å². The molecule has 2 rings (SSSR count). The molecule has 5 heteroatoms. The molecule has 0 radical (unpaired) electrons. The summed E-state index contributed by atoms with van der Waals surface area (Å²) >= 11 is 11.8. The number of carbonyl (C=O) groups is 1. The van der Waals surface area contributed by atoms with Crippen LogP contribution in [-0.4, -0.2) is 54.3 Å². The second-order valence-electron chi connectivity index (χ2n) is 4.66. The number of hydrogen-bond acceptors (Lipinski definition) is 2. The lowest BCUT2D eigenvalue weighted by molar-refractivity contribution is 0.0762. The number of rotatable bonds is 3. The lowest BCUT2D eigenvalue weighted by Gasteiger charge is -2.22. The molecule has 1 aliphatic heterocycles. The summed E-state index contributed by atoms with van der Waals surface area (Å²) in [4.78, 5) is 16.6. The fraction of sp³-hybridized carbons (Fsp3) is 0.500. The fourth-order valence-electron chi connectivity index (χ4n) is 2.32. The molecule has 1 saturated heterocycles. The van der Waals surface area contributed by atoms with Crippen LogP contribution in [0.5, 0.6) is 0 Å². The van der Waals surface area contributed by atoms with Gasteiger partial charge in [0.15, 0.2) is 0 Å². The first-order valence-electron chi connectivity index (χ1n) is 6.54. The molecule has 1 aromatic carbocycles. The van der Waals surface area contributed by atoms with Crippen molar-refractivity contribution in [2.24, 2.45) is 0 Å². The van der Waals surface area contributed by atoms with Crippen LogP contribution in [0.2, 0.25) is 5.02 Å². The van der Waals surface area contributed by atoms with Crippen LogP contribution in [0, 0.1) is 0 Å². The van der Waals surface area contributed by atoms with Crippen molar-refractivity contribution >= 4 is 29.1 Å². The zero-order valence-electron chi connectivity index (χ0n) is 10.8. The number of nitrogens with zero attached hydrogens (tertiary/aromatic N) is 2. The molecule has 1 heterocycles. The third-order valence-electron chi connectivity index (χ3n) is 3.38. The Morgan fingerprint density at radius 2 is 1.95 bits per heavy atom. The highest BCUT2D eigenvalue weighted by Gasteiger charge is 2.21. The molecule has 0 aromatic heterocycles. The third-order valence-corrected chi connectivity index (χ3v) is 3.88. The highest BCUT2D eigenvalue weighted by molar-refractivity contribution is 6.33. The highest BCUT2D eigenvalue weighted by Crippen LogP contribution is 2.18. The van der Waals surface area contributed by atoms with Crippen molar-refractivity contribution in [1.82, 2.24) is 9.80 Å². The minimum absolute atomic E-state index is 0.0262. The molecule has 1 amide bonds. The molecule has 1 fully saturated rings. The topological polar surface area (TPSA) is 23.6 Å². The van der Waals surface area contributed by atoms with Crippen molar-refractivity contribution in [3.63, 3.8) is 0 Å². The molecule has 0 unspecified atom stereocenters. The van der Waals surface area contributed by atoms with Crippen LogP contribution in [0.1, 0.15) is 16.8 Å². The van der Waals surface area contributed by atoms with Crippen LogP contribution in [0.3, 0.4) is 0 Å². The zero-order chi connectivity index (χ0) is 13.7. The van der Waals surface area contributed by atoms with E-state index in [4.69, 9.17) is 23.2 Å². The Morgan fingerprint density at radius 3 is 2.68 bits per heavy atom. The normalized spacial score (nSPS) is 17.3. The first-order valence-corrected chi connectivity index (χ1v) is 7.45. The van der Waals surface area contributed by atoms with Crippen molar-refractivity contribution in [1.29, 1.82) is 0 Å². The van der Waals surface area contributed by atoms with E-state index in [2.05, 4.69) is 4.90 Å². The quantitative estimate of drug-likeness (QED) is 0.802. The zero-order valence-corrected chi connectivity index (χ0v) is 12.3. The molecule has 0 aliphatic carbocycles. The van der Waals surface area contributed by atoms with Gasteiger partial charge in [0.2, 0.25) is 0 Å². The Morgan fingerprint density at radius 1 is 1.16 bits per heavy atom. The molecule has 1 aliphatic rings. The molecule has 0 saturated carbocycles. The second kappa shape index (κ2) is 7.13. The Kier molecular flexibility index (Phi) is 5.49. The summed E-state index contributed by atoms with van der Waals surface area (Å²) in [7, 11) is 0. The Hall–Kier alpha value is -0.770. The number of hydrogen-bond donors (Lipinski definition) is 0. The smallest absolute Gasteiger partial charge is 0.255 e. The van der Waals surface area contributed by atoms with Gasteiger partial charge in [-0.25, -0.2) is 0 Å². The van der Waals surface area contributed by atoms with Gasteiger partial charge >= 0.3 is 0 Å². The Labute approximate surface area is 124 Å². The molecular formula is C14H18Cl2N2O. The van der Waals surface area contributed by atoms with Gasteiger partial charge in [-0.3, -0.25) is 4.79 Å². The maximum absolute atomic E-state index is 12.4. The van der Waals surface area contributed by atoms with Crippen LogP contribution in [-0.2, 0) is 0 Å². The minimum atomic E-state index is 0.0262. The first-order chi connectivity index (χ1) is 9.22. The van der Waals surface area contributed by atoms with E-state index in [-0.39, 0.29) is 5.91 Å². The van der Waals surface area contributed by atoms with Crippen molar-refractivity contribution in [2.45, 2.75) is 6.42 Å². The maximum atomic E-state index is 12.4. The third kappa shape index (κ3) is 3.85. The molecule has 0 N–H and O–H groups in total. The summed E-state index contributed by atoms with van der Waals surface area (Å²) in [6.45, 7) is 4.28. The number of amides is 1. The van der Waals surface area contributed by atoms with E-state index in [9.17, 15) is 4.79 Å². The van der Waals surface area contributed by atoms with Crippen LogP contribution >= 0.6 is 23.2 Å². The van der Waals surface area contributed by atoms with E-state index >= 15 is 0 Å². The molecule has 3 nitrogen and oxygen atoms in total. The van der Waals surface area contributed by atoms with Crippen molar-refractivity contribution in [3.8, 4) is 0 Å². The number of halogens is 2. The summed E-state index contributed by atoms with van der Waals surface area (Å²) in [5.74, 6) is 0.664. The lowest BCUT2D eigenvalue weighted by Crippen LogP contribution is -2.35. The summed E-state index contributed by atoms with van der Waals surface area (Å²) in [5, 5.41) is 0.523. The van der Waals surface area contributed by atoms with E-state index < -0.39 is 0 Å². The predicted molar refractivity (Wildman–Crippen MR) is 79.1 cm³/mol. The molecule has 104 valence electrons. The minimum Gasteiger partial charge on any atom is -0.337 e. The number of alkyl halides is 1. The second-order valence-corrected chi connectivity index (χ2v) is 5.44. The van der Waals surface area contributed by atoms with Gasteiger partial charge in [-0.05, 0) is 25.1 Å². The monoisotopic (exact) mass is 300 g/mol. The summed E-state index contributed by atoms with van der Waals surface area (Å²) in [6.07, 6.45) is 0.979. The van der Waals surface area contributed by atoms with Gasteiger partial charge in [-0.2, -0.15) is 0 Å². The summed E-state index contributed by atoms with van der Waals surface area (Å²) < 4.78 is 0. The highest BCUT2D eigenvalue weighted by atomic mass is 35.5. The number of carbonyl (C=O) groups excluding carboxylic acids is 1. The van der Waals surface area contributed by atoms with Crippen LogP contribution in [0.15, 0.2) is 24.3 Å². The standard InChI is InChI=1S/C14H18Cl2N2O/c15-6-9-17-7-3-8-18(11-10-17)14(19)12-4-1-2-5-13(12)16/h1-2,4-5H,3,6-11H2. The Bertz CT molecular complexity index is 439. The van der Waals surface area contributed by atoms with Crippen LogP contribution in [0.4, 0.5) is 0 Å². The predicted octanol–water partition coefficient (Wildman–Crippen LogP) is 2.73. The molecule has 1 aromatic rings. The van der Waals surface area contributed by atoms with Crippen LogP contribution < -0.4 is 0 Å². The number of benzene rings is 1. The van der Waals surface area contributed by atoms with Crippen molar-refractivity contribution in [3.05, 3.63) is 34.9 Å². The summed E-state index contributed by atoms with van der Waals surface area (Å²) in [6, 6.07) is 7.22. The van der Waals surface area contributed by atoms with E-state index in [1.54, 1.807) is 12.1 Å². The SMILES string of the molecule is O=C(c1ccccc1Cl)N1CCCN(CCCl)CC1. The van der Waals surface area contributed by atoms with Crippen molar-refractivity contribution in [2.75, 3.05) is 38.6 Å². The van der Waals surface area contributed by atoms with Gasteiger partial charge in [0.25, 0.3) is 5.91 Å². The largest absolute Gasteiger partial charge is 0.337 e. The van der Waals surface area contributed by atoms with Gasteiger partial charge in [-0.1, -0.05) is 23.7 Å². The van der Waals surface area contributed by atoms with Gasteiger partial charge in [0.05, 0.1) is 10.6 Å². The van der Waals surface area contributed by atoms with Gasteiger partial charge in [-0.15, -0.1) is 11.6 Å². The molecule has 19 heavy (non-hydrogen) atoms. The maximum Gasteiger partial charge on any atom is 0.255 e. The fourth-order valence-corrected chi connectivity index (χ4v) is 2.78.